The molecule has 1 aliphatic heterocycles. The zero-order valence-electron chi connectivity index (χ0n) is 8.57. The van der Waals surface area contributed by atoms with Crippen LogP contribution in [0, 0.1) is 0 Å². The maximum Gasteiger partial charge on any atom is 0.164 e. The second-order valence-corrected chi connectivity index (χ2v) is 4.43. The number of hydrogen-bond acceptors (Lipinski definition) is 4. The van der Waals surface area contributed by atoms with Crippen molar-refractivity contribution in [3.63, 3.8) is 0 Å². The molecule has 0 bridgehead atoms. The van der Waals surface area contributed by atoms with Crippen molar-refractivity contribution in [2.24, 2.45) is 0 Å². The first-order valence-corrected chi connectivity index (χ1v) is 4.45. The van der Waals surface area contributed by atoms with Crippen LogP contribution in [-0.4, -0.2) is 40.4 Å². The monoisotopic (exact) mass is 190 g/mol. The fourth-order valence-electron chi connectivity index (χ4n) is 1.57. The maximum atomic E-state index is 9.74. The Balaban J connectivity index is 2.75. The van der Waals surface area contributed by atoms with E-state index < -0.39 is 23.6 Å². The zero-order valence-corrected chi connectivity index (χ0v) is 8.57. The van der Waals surface area contributed by atoms with Gasteiger partial charge in [0.05, 0.1) is 12.2 Å². The van der Waals surface area contributed by atoms with Gasteiger partial charge in [-0.1, -0.05) is 0 Å². The van der Waals surface area contributed by atoms with Gasteiger partial charge in [0.25, 0.3) is 0 Å². The summed E-state index contributed by atoms with van der Waals surface area (Å²) in [6, 6.07) is 0. The van der Waals surface area contributed by atoms with Crippen LogP contribution in [0.4, 0.5) is 0 Å². The molecule has 0 spiro atoms. The minimum Gasteiger partial charge on any atom is -0.394 e. The predicted molar refractivity (Wildman–Crippen MR) is 47.2 cm³/mol. The Labute approximate surface area is 78.5 Å². The van der Waals surface area contributed by atoms with Crippen LogP contribution < -0.4 is 0 Å². The summed E-state index contributed by atoms with van der Waals surface area (Å²) < 4.78 is 10.9. The van der Waals surface area contributed by atoms with Crippen LogP contribution in [0.1, 0.15) is 27.7 Å². The molecular formula is C9H18O4. The second kappa shape index (κ2) is 3.20. The van der Waals surface area contributed by atoms with Gasteiger partial charge >= 0.3 is 0 Å². The number of aliphatic hydroxyl groups excluding tert-OH is 1. The normalized spacial score (nSPS) is 33.7. The molecule has 1 heterocycles. The summed E-state index contributed by atoms with van der Waals surface area (Å²) in [7, 11) is 0. The maximum absolute atomic E-state index is 9.74. The van der Waals surface area contributed by atoms with Crippen LogP contribution in [0.25, 0.3) is 0 Å². The molecule has 1 aliphatic rings. The van der Waals surface area contributed by atoms with Gasteiger partial charge < -0.3 is 19.7 Å². The summed E-state index contributed by atoms with van der Waals surface area (Å²) >= 11 is 0. The van der Waals surface area contributed by atoms with Crippen molar-refractivity contribution < 1.29 is 19.7 Å². The molecule has 0 aromatic rings. The summed E-state index contributed by atoms with van der Waals surface area (Å²) in [4.78, 5) is 0. The highest BCUT2D eigenvalue weighted by atomic mass is 16.8. The lowest BCUT2D eigenvalue weighted by Gasteiger charge is -2.27. The van der Waals surface area contributed by atoms with E-state index in [9.17, 15) is 5.11 Å². The Morgan fingerprint density at radius 2 is 1.85 bits per heavy atom. The molecule has 0 aromatic heterocycles. The Hall–Kier alpha value is -0.160. The van der Waals surface area contributed by atoms with Gasteiger partial charge in [-0.25, -0.2) is 0 Å². The smallest absolute Gasteiger partial charge is 0.164 e. The first-order chi connectivity index (χ1) is 5.76. The minimum absolute atomic E-state index is 0.141. The Morgan fingerprint density at radius 1 is 1.31 bits per heavy atom. The molecule has 2 N–H and O–H groups in total. The van der Waals surface area contributed by atoms with Crippen LogP contribution in [-0.2, 0) is 9.47 Å². The molecule has 0 aromatic carbocycles. The van der Waals surface area contributed by atoms with Crippen molar-refractivity contribution >= 4 is 0 Å². The number of ether oxygens (including phenoxy) is 2. The van der Waals surface area contributed by atoms with Gasteiger partial charge in [0.2, 0.25) is 0 Å². The van der Waals surface area contributed by atoms with Gasteiger partial charge in [0, 0.05) is 0 Å². The van der Waals surface area contributed by atoms with Crippen molar-refractivity contribution in [3.8, 4) is 0 Å². The van der Waals surface area contributed by atoms with E-state index in [2.05, 4.69) is 0 Å². The lowest BCUT2D eigenvalue weighted by molar-refractivity contribution is -0.166. The van der Waals surface area contributed by atoms with E-state index in [-0.39, 0.29) is 6.61 Å². The molecule has 13 heavy (non-hydrogen) atoms. The summed E-state index contributed by atoms with van der Waals surface area (Å²) in [5, 5.41) is 18.8. The highest BCUT2D eigenvalue weighted by molar-refractivity contribution is 4.91. The number of rotatable bonds is 2. The van der Waals surface area contributed by atoms with Crippen LogP contribution >= 0.6 is 0 Å². The van der Waals surface area contributed by atoms with Crippen molar-refractivity contribution in [1.82, 2.24) is 0 Å². The topological polar surface area (TPSA) is 58.9 Å². The molecule has 0 unspecified atom stereocenters. The summed E-state index contributed by atoms with van der Waals surface area (Å²) in [6.07, 6.45) is -0.928. The Kier molecular flexibility index (Phi) is 2.69. The predicted octanol–water partition coefficient (Wildman–Crippen LogP) is 0.270. The van der Waals surface area contributed by atoms with Crippen LogP contribution in [0.3, 0.4) is 0 Å². The lowest BCUT2D eigenvalue weighted by Crippen LogP contribution is -2.44. The van der Waals surface area contributed by atoms with Gasteiger partial charge in [-0.2, -0.15) is 0 Å². The molecule has 4 nitrogen and oxygen atoms in total. The number of aliphatic hydroxyl groups is 2. The van der Waals surface area contributed by atoms with E-state index in [0.29, 0.717) is 0 Å². The molecule has 0 aliphatic carbocycles. The highest BCUT2D eigenvalue weighted by Gasteiger charge is 2.47. The summed E-state index contributed by atoms with van der Waals surface area (Å²) in [6.45, 7) is 6.68. The Bertz CT molecular complexity index is 183. The van der Waals surface area contributed by atoms with E-state index in [4.69, 9.17) is 14.6 Å². The fraction of sp³-hybridized carbons (Fsp3) is 1.00. The third-order valence-corrected chi connectivity index (χ3v) is 2.06. The van der Waals surface area contributed by atoms with E-state index in [1.54, 1.807) is 27.7 Å². The molecule has 78 valence electrons. The van der Waals surface area contributed by atoms with Gasteiger partial charge in [-0.3, -0.25) is 0 Å². The molecule has 0 saturated carbocycles. The molecule has 1 fully saturated rings. The first-order valence-electron chi connectivity index (χ1n) is 4.45. The molecule has 0 amide bonds. The quantitative estimate of drug-likeness (QED) is 0.656. The van der Waals surface area contributed by atoms with Crippen molar-refractivity contribution in [1.29, 1.82) is 0 Å². The van der Waals surface area contributed by atoms with Gasteiger partial charge in [0.15, 0.2) is 5.79 Å². The number of hydrogen-bond donors (Lipinski definition) is 2. The molecular weight excluding hydrogens is 172 g/mol. The summed E-state index contributed by atoms with van der Waals surface area (Å²) in [5.41, 5.74) is -0.999. The SMILES string of the molecule is CC1(C)O[C@@H](C(C)(C)O)[C@@H](CO)O1. The lowest BCUT2D eigenvalue weighted by atomic mass is 9.97. The largest absolute Gasteiger partial charge is 0.394 e. The molecule has 1 saturated heterocycles. The third-order valence-electron chi connectivity index (χ3n) is 2.06. The van der Waals surface area contributed by atoms with Gasteiger partial charge in [0.1, 0.15) is 12.2 Å². The third kappa shape index (κ3) is 2.40. The van der Waals surface area contributed by atoms with Crippen molar-refractivity contribution in [3.05, 3.63) is 0 Å². The first kappa shape index (κ1) is 10.9. The van der Waals surface area contributed by atoms with Gasteiger partial charge in [-0.05, 0) is 27.7 Å². The van der Waals surface area contributed by atoms with Crippen molar-refractivity contribution in [2.45, 2.75) is 51.3 Å². The molecule has 1 rings (SSSR count). The van der Waals surface area contributed by atoms with E-state index in [1.165, 1.54) is 0 Å². The second-order valence-electron chi connectivity index (χ2n) is 4.43. The van der Waals surface area contributed by atoms with Gasteiger partial charge in [-0.15, -0.1) is 0 Å². The standard InChI is InChI=1S/C9H18O4/c1-8(2,11)7-6(5-10)12-9(3,4)13-7/h6-7,10-11H,5H2,1-4H3/t6-,7-/m1/s1. The fourth-order valence-corrected chi connectivity index (χ4v) is 1.57. The average Bonchev–Trinajstić information content (AvgIpc) is 2.24. The summed E-state index contributed by atoms with van der Waals surface area (Å²) in [5.74, 6) is -0.724. The molecule has 0 radical (unpaired) electrons. The highest BCUT2D eigenvalue weighted by Crippen LogP contribution is 2.33. The Morgan fingerprint density at radius 3 is 2.15 bits per heavy atom. The van der Waals surface area contributed by atoms with E-state index in [1.807, 2.05) is 0 Å². The van der Waals surface area contributed by atoms with Crippen LogP contribution in [0.15, 0.2) is 0 Å². The van der Waals surface area contributed by atoms with E-state index in [0.717, 1.165) is 0 Å². The van der Waals surface area contributed by atoms with E-state index >= 15 is 0 Å². The molecule has 4 heteroatoms. The molecule has 2 atom stereocenters. The zero-order chi connectivity index (χ0) is 10.3. The minimum atomic E-state index is -0.999. The van der Waals surface area contributed by atoms with Crippen LogP contribution in [0.2, 0.25) is 0 Å². The van der Waals surface area contributed by atoms with Crippen LogP contribution in [0.5, 0.6) is 0 Å². The van der Waals surface area contributed by atoms with Crippen molar-refractivity contribution in [2.75, 3.05) is 6.61 Å². The average molecular weight is 190 g/mol.